The number of aromatic nitrogens is 2. The summed E-state index contributed by atoms with van der Waals surface area (Å²) >= 11 is 0. The molecule has 2 fully saturated rings. The van der Waals surface area contributed by atoms with Gasteiger partial charge in [-0.25, -0.2) is 9.97 Å². The van der Waals surface area contributed by atoms with Crippen LogP contribution >= 0.6 is 0 Å². The minimum Gasteiger partial charge on any atom is -0.378 e. The molecule has 0 unspecified atom stereocenters. The van der Waals surface area contributed by atoms with Crippen molar-refractivity contribution >= 4 is 11.6 Å². The van der Waals surface area contributed by atoms with Crippen molar-refractivity contribution in [1.29, 1.82) is 0 Å². The van der Waals surface area contributed by atoms with Crippen LogP contribution in [0.15, 0.2) is 36.5 Å². The van der Waals surface area contributed by atoms with Gasteiger partial charge in [0.15, 0.2) is 0 Å². The van der Waals surface area contributed by atoms with E-state index in [4.69, 9.17) is 19.2 Å². The second-order valence-corrected chi connectivity index (χ2v) is 7.23. The van der Waals surface area contributed by atoms with Gasteiger partial charge in [0.1, 0.15) is 18.3 Å². The van der Waals surface area contributed by atoms with Crippen LogP contribution in [0.5, 0.6) is 0 Å². The number of anilines is 2. The van der Waals surface area contributed by atoms with Crippen LogP contribution in [0.3, 0.4) is 0 Å². The Labute approximate surface area is 159 Å². The van der Waals surface area contributed by atoms with Crippen molar-refractivity contribution < 1.29 is 14.2 Å². The molecule has 144 valence electrons. The number of hydrogen-bond acceptors (Lipinski definition) is 7. The summed E-state index contributed by atoms with van der Waals surface area (Å²) < 4.78 is 17.3. The van der Waals surface area contributed by atoms with Crippen molar-refractivity contribution in [2.24, 2.45) is 0 Å². The van der Waals surface area contributed by atoms with Crippen molar-refractivity contribution in [3.8, 4) is 11.3 Å². The highest BCUT2D eigenvalue weighted by Gasteiger charge is 2.49. The fraction of sp³-hybridized carbons (Fsp3) is 0.500. The Morgan fingerprint density at radius 1 is 1.00 bits per heavy atom. The smallest absolute Gasteiger partial charge is 0.226 e. The van der Waals surface area contributed by atoms with E-state index in [0.717, 1.165) is 16.9 Å². The Hall–Kier alpha value is -2.22. The standard InChI is InChI=1S/C20H26N4O3/c1-23(2)14-7-5-13(6-8-14)15-9-10-21-20(22-15)24(3)16-11-26-19-17(25-4)12-27-18(16)19/h5-10,16-19H,11-12H2,1-4H3/t16-,17-,18-,19+/m1/s1. The van der Waals surface area contributed by atoms with Crippen LogP contribution in [0.2, 0.25) is 0 Å². The molecule has 2 aliphatic rings. The number of ether oxygens (including phenoxy) is 3. The number of likely N-dealkylation sites (N-methyl/N-ethyl adjacent to an activating group) is 1. The van der Waals surface area contributed by atoms with E-state index in [0.29, 0.717) is 19.2 Å². The fourth-order valence-electron chi connectivity index (χ4n) is 3.74. The average Bonchev–Trinajstić information content (AvgIpc) is 3.29. The summed E-state index contributed by atoms with van der Waals surface area (Å²) in [6.07, 6.45) is 1.75. The molecule has 0 saturated carbocycles. The zero-order chi connectivity index (χ0) is 19.0. The van der Waals surface area contributed by atoms with Crippen molar-refractivity contribution in [2.75, 3.05) is 51.3 Å². The van der Waals surface area contributed by atoms with Gasteiger partial charge in [-0.05, 0) is 18.2 Å². The molecule has 27 heavy (non-hydrogen) atoms. The van der Waals surface area contributed by atoms with Gasteiger partial charge in [-0.2, -0.15) is 0 Å². The van der Waals surface area contributed by atoms with Crippen LogP contribution in [0, 0.1) is 0 Å². The predicted octanol–water partition coefficient (Wildman–Crippen LogP) is 1.83. The molecule has 3 heterocycles. The van der Waals surface area contributed by atoms with Crippen LogP contribution < -0.4 is 9.80 Å². The quantitative estimate of drug-likeness (QED) is 0.796. The molecule has 1 aromatic heterocycles. The second kappa shape index (κ2) is 7.42. The van der Waals surface area contributed by atoms with Crippen molar-refractivity contribution in [1.82, 2.24) is 9.97 Å². The van der Waals surface area contributed by atoms with E-state index in [2.05, 4.69) is 39.0 Å². The summed E-state index contributed by atoms with van der Waals surface area (Å²) in [5.41, 5.74) is 3.12. The van der Waals surface area contributed by atoms with Crippen LogP contribution in [0.25, 0.3) is 11.3 Å². The minimum atomic E-state index is -0.0239. The average molecular weight is 370 g/mol. The van der Waals surface area contributed by atoms with Gasteiger partial charge in [-0.1, -0.05) is 12.1 Å². The number of fused-ring (bicyclic) bond motifs is 1. The highest BCUT2D eigenvalue weighted by molar-refractivity contribution is 5.63. The van der Waals surface area contributed by atoms with Gasteiger partial charge in [0.25, 0.3) is 0 Å². The van der Waals surface area contributed by atoms with Crippen LogP contribution in [0.1, 0.15) is 0 Å². The monoisotopic (exact) mass is 370 g/mol. The molecule has 0 aliphatic carbocycles. The van der Waals surface area contributed by atoms with E-state index in [-0.39, 0.29) is 24.4 Å². The third-order valence-electron chi connectivity index (χ3n) is 5.42. The number of benzene rings is 1. The Kier molecular flexibility index (Phi) is 4.99. The lowest BCUT2D eigenvalue weighted by atomic mass is 10.1. The topological polar surface area (TPSA) is 60.0 Å². The number of hydrogen-bond donors (Lipinski definition) is 0. The molecule has 0 amide bonds. The van der Waals surface area contributed by atoms with Gasteiger partial charge in [-0.15, -0.1) is 0 Å². The molecule has 4 rings (SSSR count). The first kappa shape index (κ1) is 18.2. The summed E-state index contributed by atoms with van der Waals surface area (Å²) in [6, 6.07) is 10.4. The summed E-state index contributed by atoms with van der Waals surface area (Å²) in [6.45, 7) is 1.14. The molecule has 0 spiro atoms. The molecule has 2 aromatic rings. The van der Waals surface area contributed by atoms with Crippen molar-refractivity contribution in [3.05, 3.63) is 36.5 Å². The van der Waals surface area contributed by atoms with Gasteiger partial charge >= 0.3 is 0 Å². The molecular weight excluding hydrogens is 344 g/mol. The van der Waals surface area contributed by atoms with E-state index in [1.807, 2.05) is 27.2 Å². The summed E-state index contributed by atoms with van der Waals surface area (Å²) in [5, 5.41) is 0. The summed E-state index contributed by atoms with van der Waals surface area (Å²) in [5.74, 6) is 0.669. The largest absolute Gasteiger partial charge is 0.378 e. The third-order valence-corrected chi connectivity index (χ3v) is 5.42. The van der Waals surface area contributed by atoms with Crippen LogP contribution in [-0.2, 0) is 14.2 Å². The molecule has 2 saturated heterocycles. The fourth-order valence-corrected chi connectivity index (χ4v) is 3.74. The SMILES string of the molecule is CO[C@@H]1CO[C@H]2[C@H]1OC[C@H]2N(C)c1nccc(-c2ccc(N(C)C)cc2)n1. The Balaban J connectivity index is 1.54. The lowest BCUT2D eigenvalue weighted by molar-refractivity contribution is -0.00783. The molecular formula is C20H26N4O3. The maximum Gasteiger partial charge on any atom is 0.226 e. The van der Waals surface area contributed by atoms with Gasteiger partial charge in [0.05, 0.1) is 24.9 Å². The van der Waals surface area contributed by atoms with E-state index in [1.54, 1.807) is 13.3 Å². The Bertz CT molecular complexity index is 783. The lowest BCUT2D eigenvalue weighted by Crippen LogP contribution is -2.43. The number of rotatable bonds is 5. The Morgan fingerprint density at radius 2 is 1.74 bits per heavy atom. The zero-order valence-electron chi connectivity index (χ0n) is 16.2. The van der Waals surface area contributed by atoms with Gasteiger partial charge in [0.2, 0.25) is 5.95 Å². The molecule has 0 N–H and O–H groups in total. The van der Waals surface area contributed by atoms with Crippen LogP contribution in [0.4, 0.5) is 11.6 Å². The lowest BCUT2D eigenvalue weighted by Gasteiger charge is -2.27. The Morgan fingerprint density at radius 3 is 2.44 bits per heavy atom. The normalized spacial score (nSPS) is 26.8. The van der Waals surface area contributed by atoms with Gasteiger partial charge in [-0.3, -0.25) is 0 Å². The maximum absolute atomic E-state index is 5.93. The molecule has 7 nitrogen and oxygen atoms in total. The summed E-state index contributed by atoms with van der Waals surface area (Å²) in [7, 11) is 7.75. The minimum absolute atomic E-state index is 0.00383. The molecule has 1 aromatic carbocycles. The zero-order valence-corrected chi connectivity index (χ0v) is 16.2. The highest BCUT2D eigenvalue weighted by Crippen LogP contribution is 2.32. The highest BCUT2D eigenvalue weighted by atomic mass is 16.6. The van der Waals surface area contributed by atoms with Gasteiger partial charge < -0.3 is 24.0 Å². The second-order valence-electron chi connectivity index (χ2n) is 7.23. The maximum atomic E-state index is 5.93. The van der Waals surface area contributed by atoms with Crippen LogP contribution in [-0.4, -0.2) is 75.8 Å². The van der Waals surface area contributed by atoms with E-state index in [1.165, 1.54) is 0 Å². The summed E-state index contributed by atoms with van der Waals surface area (Å²) in [4.78, 5) is 13.4. The first-order valence-electron chi connectivity index (χ1n) is 9.18. The third kappa shape index (κ3) is 3.38. The first-order chi connectivity index (χ1) is 13.1. The van der Waals surface area contributed by atoms with Crippen molar-refractivity contribution in [3.63, 3.8) is 0 Å². The molecule has 0 bridgehead atoms. The predicted molar refractivity (Wildman–Crippen MR) is 104 cm³/mol. The molecule has 7 heteroatoms. The van der Waals surface area contributed by atoms with E-state index >= 15 is 0 Å². The van der Waals surface area contributed by atoms with E-state index < -0.39 is 0 Å². The molecule has 2 aliphatic heterocycles. The van der Waals surface area contributed by atoms with E-state index in [9.17, 15) is 0 Å². The van der Waals surface area contributed by atoms with Gasteiger partial charge in [0, 0.05) is 45.7 Å². The molecule has 0 radical (unpaired) electrons. The van der Waals surface area contributed by atoms with Crippen molar-refractivity contribution in [2.45, 2.75) is 24.4 Å². The number of methoxy groups -OCH3 is 1. The first-order valence-corrected chi connectivity index (χ1v) is 9.18. The molecule has 4 atom stereocenters. The number of nitrogens with zero attached hydrogens (tertiary/aromatic N) is 4.